The van der Waals surface area contributed by atoms with Crippen molar-refractivity contribution >= 4 is 17.1 Å². The van der Waals surface area contributed by atoms with Gasteiger partial charge in [0, 0.05) is 19.2 Å². The van der Waals surface area contributed by atoms with Gasteiger partial charge in [-0.15, -0.1) is 0 Å². The number of non-ortho nitro benzene ring substituents is 1. The standard InChI is InChI=1S/C24H41N3O10/c1-2-3-4-5-9-32-11-13-34-15-17-36-19-20-37-18-16-35-14-12-33-10-8-25-23-7-6-22(26(28)29)21-24(23)27(30)31/h6-7,21,25H,2-5,8-20H2,1H3. The number of rotatable bonds is 26. The Hall–Kier alpha value is -2.42. The van der Waals surface area contributed by atoms with Gasteiger partial charge in [-0.05, 0) is 12.5 Å². The molecule has 212 valence electrons. The summed E-state index contributed by atoms with van der Waals surface area (Å²) >= 11 is 0. The van der Waals surface area contributed by atoms with Crippen molar-refractivity contribution < 1.29 is 38.3 Å². The van der Waals surface area contributed by atoms with Gasteiger partial charge in [-0.3, -0.25) is 20.2 Å². The molecule has 0 radical (unpaired) electrons. The summed E-state index contributed by atoms with van der Waals surface area (Å²) in [4.78, 5) is 20.5. The molecular formula is C24H41N3O10. The molecule has 13 heteroatoms. The Balaban J connectivity index is 1.84. The summed E-state index contributed by atoms with van der Waals surface area (Å²) in [6.07, 6.45) is 4.82. The zero-order valence-electron chi connectivity index (χ0n) is 21.7. The minimum absolute atomic E-state index is 0.196. The maximum absolute atomic E-state index is 11.1. The maximum atomic E-state index is 11.1. The monoisotopic (exact) mass is 531 g/mol. The highest BCUT2D eigenvalue weighted by Crippen LogP contribution is 2.28. The number of hydrogen-bond donors (Lipinski definition) is 1. The lowest BCUT2D eigenvalue weighted by atomic mass is 10.2. The van der Waals surface area contributed by atoms with Crippen molar-refractivity contribution in [2.24, 2.45) is 0 Å². The Labute approximate surface area is 218 Å². The maximum Gasteiger partial charge on any atom is 0.299 e. The first-order chi connectivity index (χ1) is 18.1. The number of anilines is 1. The fourth-order valence-electron chi connectivity index (χ4n) is 3.02. The minimum Gasteiger partial charge on any atom is -0.379 e. The number of nitro benzene ring substituents is 2. The van der Waals surface area contributed by atoms with Gasteiger partial charge in [0.15, 0.2) is 0 Å². The van der Waals surface area contributed by atoms with Crippen molar-refractivity contribution in [1.82, 2.24) is 0 Å². The lowest BCUT2D eigenvalue weighted by Gasteiger charge is -2.09. The zero-order valence-corrected chi connectivity index (χ0v) is 21.7. The number of unbranched alkanes of at least 4 members (excludes halogenated alkanes) is 3. The summed E-state index contributed by atoms with van der Waals surface area (Å²) in [5, 5.41) is 24.7. The van der Waals surface area contributed by atoms with Crippen molar-refractivity contribution in [3.63, 3.8) is 0 Å². The summed E-state index contributed by atoms with van der Waals surface area (Å²) in [7, 11) is 0. The normalized spacial score (nSPS) is 11.1. The first-order valence-corrected chi connectivity index (χ1v) is 12.7. The van der Waals surface area contributed by atoms with Crippen molar-refractivity contribution in [1.29, 1.82) is 0 Å². The number of nitro groups is 2. The number of nitrogens with one attached hydrogen (secondary N) is 1. The molecule has 37 heavy (non-hydrogen) atoms. The van der Waals surface area contributed by atoms with Crippen LogP contribution in [0.15, 0.2) is 18.2 Å². The number of benzene rings is 1. The Bertz CT molecular complexity index is 739. The first-order valence-electron chi connectivity index (χ1n) is 12.7. The van der Waals surface area contributed by atoms with Crippen LogP contribution >= 0.6 is 0 Å². The summed E-state index contributed by atoms with van der Waals surface area (Å²) in [5.74, 6) is 0. The molecule has 1 aromatic carbocycles. The molecule has 0 aliphatic heterocycles. The second-order valence-electron chi connectivity index (χ2n) is 7.88. The van der Waals surface area contributed by atoms with E-state index >= 15 is 0 Å². The van der Waals surface area contributed by atoms with E-state index in [4.69, 9.17) is 28.4 Å². The van der Waals surface area contributed by atoms with Crippen molar-refractivity contribution in [3.05, 3.63) is 38.4 Å². The highest BCUT2D eigenvalue weighted by Gasteiger charge is 2.18. The number of nitrogens with zero attached hydrogens (tertiary/aromatic N) is 2. The van der Waals surface area contributed by atoms with Gasteiger partial charge in [0.1, 0.15) is 5.69 Å². The van der Waals surface area contributed by atoms with Crippen LogP contribution in [0.25, 0.3) is 0 Å². The predicted octanol–water partition coefficient (Wildman–Crippen LogP) is 3.59. The van der Waals surface area contributed by atoms with Gasteiger partial charge < -0.3 is 33.7 Å². The molecule has 0 spiro atoms. The molecule has 0 aliphatic rings. The molecule has 0 unspecified atom stereocenters. The van der Waals surface area contributed by atoms with E-state index in [1.165, 1.54) is 31.4 Å². The molecule has 0 bridgehead atoms. The predicted molar refractivity (Wildman–Crippen MR) is 137 cm³/mol. The van der Waals surface area contributed by atoms with Gasteiger partial charge in [0.25, 0.3) is 11.4 Å². The van der Waals surface area contributed by atoms with Gasteiger partial charge in [-0.25, -0.2) is 0 Å². The van der Waals surface area contributed by atoms with Crippen molar-refractivity contribution in [3.8, 4) is 0 Å². The topological polar surface area (TPSA) is 154 Å². The fraction of sp³-hybridized carbons (Fsp3) is 0.750. The van der Waals surface area contributed by atoms with E-state index in [2.05, 4.69) is 12.2 Å². The minimum atomic E-state index is -0.676. The highest BCUT2D eigenvalue weighted by molar-refractivity contribution is 5.65. The van der Waals surface area contributed by atoms with Crippen molar-refractivity contribution in [2.75, 3.05) is 91.1 Å². The molecule has 1 aromatic rings. The SMILES string of the molecule is CCCCCCOCCOCCOCCOCCOCCOCCNc1ccc([N+](=O)[O-])cc1[N+](=O)[O-]. The zero-order chi connectivity index (χ0) is 27.0. The van der Waals surface area contributed by atoms with Crippen LogP contribution in [0.1, 0.15) is 32.6 Å². The van der Waals surface area contributed by atoms with E-state index < -0.39 is 9.85 Å². The largest absolute Gasteiger partial charge is 0.379 e. The summed E-state index contributed by atoms with van der Waals surface area (Å²) < 4.78 is 32.6. The van der Waals surface area contributed by atoms with Gasteiger partial charge in [-0.2, -0.15) is 0 Å². The third-order valence-electron chi connectivity index (χ3n) is 4.95. The third kappa shape index (κ3) is 17.6. The number of hydrogen-bond acceptors (Lipinski definition) is 11. The van der Waals surface area contributed by atoms with E-state index in [0.717, 1.165) is 19.1 Å². The fourth-order valence-corrected chi connectivity index (χ4v) is 3.02. The van der Waals surface area contributed by atoms with E-state index in [1.807, 2.05) is 0 Å². The second kappa shape index (κ2) is 22.8. The van der Waals surface area contributed by atoms with Crippen LogP contribution in [0, 0.1) is 20.2 Å². The van der Waals surface area contributed by atoms with Crippen LogP contribution in [-0.4, -0.2) is 95.7 Å². The van der Waals surface area contributed by atoms with E-state index in [-0.39, 0.29) is 17.1 Å². The highest BCUT2D eigenvalue weighted by atomic mass is 16.6. The van der Waals surface area contributed by atoms with Crippen LogP contribution < -0.4 is 5.32 Å². The van der Waals surface area contributed by atoms with Gasteiger partial charge in [0.05, 0.1) is 88.6 Å². The van der Waals surface area contributed by atoms with Crippen LogP contribution in [-0.2, 0) is 28.4 Å². The second-order valence-corrected chi connectivity index (χ2v) is 7.88. The molecule has 0 atom stereocenters. The Morgan fingerprint density at radius 1 is 0.649 bits per heavy atom. The summed E-state index contributed by atoms with van der Waals surface area (Å²) in [6, 6.07) is 3.45. The van der Waals surface area contributed by atoms with Gasteiger partial charge >= 0.3 is 0 Å². The molecule has 0 amide bonds. The van der Waals surface area contributed by atoms with Gasteiger partial charge in [-0.1, -0.05) is 26.2 Å². The van der Waals surface area contributed by atoms with Crippen molar-refractivity contribution in [2.45, 2.75) is 32.6 Å². The molecule has 0 fully saturated rings. The first kappa shape index (κ1) is 32.6. The number of ether oxygens (including phenoxy) is 6. The molecule has 0 saturated carbocycles. The van der Waals surface area contributed by atoms with Crippen LogP contribution in [0.2, 0.25) is 0 Å². The molecule has 1 rings (SSSR count). The molecular weight excluding hydrogens is 490 g/mol. The van der Waals surface area contributed by atoms with E-state index in [0.29, 0.717) is 79.2 Å². The smallest absolute Gasteiger partial charge is 0.299 e. The average molecular weight is 532 g/mol. The molecule has 0 heterocycles. The lowest BCUT2D eigenvalue weighted by molar-refractivity contribution is -0.393. The van der Waals surface area contributed by atoms with E-state index in [1.54, 1.807) is 0 Å². The molecule has 13 nitrogen and oxygen atoms in total. The lowest BCUT2D eigenvalue weighted by Crippen LogP contribution is -2.15. The molecule has 0 saturated heterocycles. The van der Waals surface area contributed by atoms with Gasteiger partial charge in [0.2, 0.25) is 0 Å². The average Bonchev–Trinajstić information content (AvgIpc) is 2.89. The molecule has 0 aromatic heterocycles. The Morgan fingerprint density at radius 3 is 1.59 bits per heavy atom. The summed E-state index contributed by atoms with van der Waals surface area (Å²) in [6.45, 7) is 8.40. The third-order valence-corrected chi connectivity index (χ3v) is 4.95. The van der Waals surface area contributed by atoms with Crippen LogP contribution in [0.3, 0.4) is 0 Å². The molecule has 1 N–H and O–H groups in total. The van der Waals surface area contributed by atoms with Crippen LogP contribution in [0.4, 0.5) is 17.1 Å². The summed E-state index contributed by atoms with van der Waals surface area (Å²) in [5.41, 5.74) is -0.496. The van der Waals surface area contributed by atoms with E-state index in [9.17, 15) is 20.2 Å². The Morgan fingerprint density at radius 2 is 1.14 bits per heavy atom. The van der Waals surface area contributed by atoms with Crippen LogP contribution in [0.5, 0.6) is 0 Å². The Kier molecular flexibility index (Phi) is 20.1. The quantitative estimate of drug-likeness (QED) is 0.106. The molecule has 0 aliphatic carbocycles.